The molecular formula is C37H46N6O8. The number of benzene rings is 2. The Balaban J connectivity index is 1.24. The van der Waals surface area contributed by atoms with Gasteiger partial charge in [0.15, 0.2) is 12.3 Å². The van der Waals surface area contributed by atoms with E-state index >= 15 is 0 Å². The molecule has 0 saturated carbocycles. The Kier molecular flexibility index (Phi) is 12.4. The summed E-state index contributed by atoms with van der Waals surface area (Å²) < 4.78 is 18.2. The van der Waals surface area contributed by atoms with E-state index in [4.69, 9.17) is 14.2 Å². The zero-order valence-corrected chi connectivity index (χ0v) is 29.3. The lowest BCUT2D eigenvalue weighted by Gasteiger charge is -2.31. The number of aromatic nitrogens is 2. The Morgan fingerprint density at radius 3 is 2.31 bits per heavy atom. The summed E-state index contributed by atoms with van der Waals surface area (Å²) in [6.07, 6.45) is 0.446. The van der Waals surface area contributed by atoms with Gasteiger partial charge in [-0.15, -0.1) is 0 Å². The van der Waals surface area contributed by atoms with Crippen LogP contribution in [0.25, 0.3) is 5.69 Å². The molecule has 0 spiro atoms. The van der Waals surface area contributed by atoms with Crippen LogP contribution in [0.3, 0.4) is 0 Å². The maximum Gasteiger partial charge on any atom is 0.311 e. The number of carbonyl (C=O) groups is 5. The van der Waals surface area contributed by atoms with Crippen molar-refractivity contribution in [3.8, 4) is 11.6 Å². The molecule has 3 amide bonds. The third kappa shape index (κ3) is 10.6. The number of rotatable bonds is 13. The summed E-state index contributed by atoms with van der Waals surface area (Å²) in [6, 6.07) is 18.8. The van der Waals surface area contributed by atoms with Gasteiger partial charge in [0.1, 0.15) is 18.2 Å². The first-order valence-electron chi connectivity index (χ1n) is 17.3. The van der Waals surface area contributed by atoms with Gasteiger partial charge in [-0.2, -0.15) is 5.10 Å². The molecule has 2 aliphatic heterocycles. The van der Waals surface area contributed by atoms with E-state index in [1.807, 2.05) is 36.4 Å². The van der Waals surface area contributed by atoms with Gasteiger partial charge in [-0.25, -0.2) is 4.68 Å². The number of piperazine rings is 1. The molecule has 3 heterocycles. The van der Waals surface area contributed by atoms with Crippen LogP contribution in [0, 0.1) is 5.92 Å². The first-order valence-corrected chi connectivity index (χ1v) is 17.3. The van der Waals surface area contributed by atoms with Crippen molar-refractivity contribution in [3.63, 3.8) is 0 Å². The maximum absolute atomic E-state index is 13.6. The zero-order chi connectivity index (χ0) is 36.4. The number of hydrogen-bond acceptors (Lipinski definition) is 10. The van der Waals surface area contributed by atoms with E-state index in [2.05, 4.69) is 15.7 Å². The fourth-order valence-corrected chi connectivity index (χ4v) is 5.83. The van der Waals surface area contributed by atoms with Crippen LogP contribution in [0.15, 0.2) is 66.7 Å². The average molecular weight is 703 g/mol. The average Bonchev–Trinajstić information content (AvgIpc) is 3.80. The number of esters is 2. The fraction of sp³-hybridized carbons (Fsp3) is 0.459. The molecule has 0 radical (unpaired) electrons. The predicted molar refractivity (Wildman–Crippen MR) is 186 cm³/mol. The molecule has 2 saturated heterocycles. The first kappa shape index (κ1) is 37.0. The summed E-state index contributed by atoms with van der Waals surface area (Å²) >= 11 is 0. The first-order chi connectivity index (χ1) is 24.5. The van der Waals surface area contributed by atoms with Crippen LogP contribution in [-0.2, 0) is 35.3 Å². The molecule has 5 rings (SSSR count). The summed E-state index contributed by atoms with van der Waals surface area (Å²) in [4.78, 5) is 68.8. The highest BCUT2D eigenvalue weighted by molar-refractivity contribution is 5.96. The topological polar surface area (TPSA) is 161 Å². The highest BCUT2D eigenvalue weighted by Crippen LogP contribution is 2.22. The van der Waals surface area contributed by atoms with E-state index in [9.17, 15) is 24.0 Å². The lowest BCUT2D eigenvalue weighted by Crippen LogP contribution is -2.54. The number of nitrogens with one attached hydrogen (secondary N) is 2. The number of likely N-dealkylation sites (tertiary alicyclic amines) is 1. The van der Waals surface area contributed by atoms with E-state index in [-0.39, 0.29) is 62.0 Å². The Morgan fingerprint density at radius 2 is 1.63 bits per heavy atom. The maximum atomic E-state index is 13.6. The van der Waals surface area contributed by atoms with Gasteiger partial charge in [-0.1, -0.05) is 48.5 Å². The number of para-hydroxylation sites is 1. The number of carbonyl (C=O) groups excluding carboxylic acids is 5. The highest BCUT2D eigenvalue weighted by Gasteiger charge is 2.33. The largest absolute Gasteiger partial charge is 0.467 e. The summed E-state index contributed by atoms with van der Waals surface area (Å²) in [6.45, 7) is 7.88. The fourth-order valence-electron chi connectivity index (χ4n) is 5.83. The summed E-state index contributed by atoms with van der Waals surface area (Å²) in [5.41, 5.74) is 0.736. The second-order valence-electron chi connectivity index (χ2n) is 13.5. The Bertz CT molecular complexity index is 1670. The molecule has 14 heteroatoms. The van der Waals surface area contributed by atoms with E-state index in [1.54, 1.807) is 54.8 Å². The second-order valence-corrected chi connectivity index (χ2v) is 13.5. The van der Waals surface area contributed by atoms with Crippen LogP contribution in [0.4, 0.5) is 0 Å². The van der Waals surface area contributed by atoms with Gasteiger partial charge in [-0.05, 0) is 51.3 Å². The SMILES string of the molecule is CC(C)(C)OC(=O)CCC(NC(=O)c1cc(OCC(=O)N2CCC(C(=O)OCc3ccccc3)C2)n(-c2ccccc2)n1)C(=O)N1CCNCC1. The van der Waals surface area contributed by atoms with E-state index in [0.717, 1.165) is 5.56 Å². The molecule has 272 valence electrons. The van der Waals surface area contributed by atoms with Crippen molar-refractivity contribution < 1.29 is 38.2 Å². The van der Waals surface area contributed by atoms with Crippen LogP contribution in [0.1, 0.15) is 56.1 Å². The van der Waals surface area contributed by atoms with Gasteiger partial charge >= 0.3 is 11.9 Å². The van der Waals surface area contributed by atoms with Gasteiger partial charge in [-0.3, -0.25) is 24.0 Å². The third-order valence-electron chi connectivity index (χ3n) is 8.44. The normalized spacial score (nSPS) is 16.6. The molecule has 2 aromatic carbocycles. The number of nitrogens with zero attached hydrogens (tertiary/aromatic N) is 4. The molecule has 2 unspecified atom stereocenters. The Hall–Kier alpha value is -5.24. The second kappa shape index (κ2) is 17.1. The Labute approximate surface area is 297 Å². The standard InChI is InChI=1S/C37H46N6O8/c1-37(2,3)51-33(45)15-14-29(35(47)41-20-17-38-18-21-41)39-34(46)30-22-32(43(40-30)28-12-8-5-9-13-28)49-25-31(44)42-19-16-27(23-42)36(48)50-24-26-10-6-4-7-11-26/h4-13,22,27,29,38H,14-21,23-25H2,1-3H3,(H,39,46). The van der Waals surface area contributed by atoms with E-state index in [0.29, 0.717) is 44.8 Å². The summed E-state index contributed by atoms with van der Waals surface area (Å²) in [5.74, 6) is -2.40. The van der Waals surface area contributed by atoms with Gasteiger partial charge in [0, 0.05) is 51.8 Å². The van der Waals surface area contributed by atoms with Gasteiger partial charge in [0.05, 0.1) is 11.6 Å². The van der Waals surface area contributed by atoms with Gasteiger partial charge in [0.25, 0.3) is 11.8 Å². The van der Waals surface area contributed by atoms with Crippen LogP contribution >= 0.6 is 0 Å². The molecule has 2 atom stereocenters. The molecule has 3 aromatic rings. The smallest absolute Gasteiger partial charge is 0.311 e. The molecule has 1 aromatic heterocycles. The van der Waals surface area contributed by atoms with Crippen molar-refractivity contribution in [1.82, 2.24) is 30.2 Å². The lowest BCUT2D eigenvalue weighted by atomic mass is 10.1. The summed E-state index contributed by atoms with van der Waals surface area (Å²) in [7, 11) is 0. The summed E-state index contributed by atoms with van der Waals surface area (Å²) in [5, 5.41) is 10.5. The lowest BCUT2D eigenvalue weighted by molar-refractivity contribution is -0.155. The van der Waals surface area contributed by atoms with Crippen molar-refractivity contribution in [2.45, 2.75) is 58.3 Å². The van der Waals surface area contributed by atoms with Crippen LogP contribution in [0.5, 0.6) is 5.88 Å². The number of hydrogen-bond donors (Lipinski definition) is 2. The van der Waals surface area contributed by atoms with E-state index < -0.39 is 29.4 Å². The van der Waals surface area contributed by atoms with Crippen molar-refractivity contribution >= 4 is 29.7 Å². The number of ether oxygens (including phenoxy) is 3. The van der Waals surface area contributed by atoms with Gasteiger partial charge in [0.2, 0.25) is 11.8 Å². The Morgan fingerprint density at radius 1 is 0.941 bits per heavy atom. The van der Waals surface area contributed by atoms with Crippen molar-refractivity contribution in [1.29, 1.82) is 0 Å². The molecule has 14 nitrogen and oxygen atoms in total. The van der Waals surface area contributed by atoms with Crippen LogP contribution in [0.2, 0.25) is 0 Å². The highest BCUT2D eigenvalue weighted by atomic mass is 16.6. The molecule has 51 heavy (non-hydrogen) atoms. The van der Waals surface area contributed by atoms with Crippen molar-refractivity contribution in [3.05, 3.63) is 78.0 Å². The van der Waals surface area contributed by atoms with Gasteiger partial charge < -0.3 is 34.6 Å². The molecule has 2 N–H and O–H groups in total. The zero-order valence-electron chi connectivity index (χ0n) is 29.3. The predicted octanol–water partition coefficient (Wildman–Crippen LogP) is 2.50. The molecule has 0 bridgehead atoms. The molecular weight excluding hydrogens is 656 g/mol. The molecule has 0 aliphatic carbocycles. The minimum Gasteiger partial charge on any atom is -0.467 e. The molecule has 2 fully saturated rings. The van der Waals surface area contributed by atoms with Crippen LogP contribution < -0.4 is 15.4 Å². The quantitative estimate of drug-likeness (QED) is 0.253. The van der Waals surface area contributed by atoms with Crippen LogP contribution in [-0.4, -0.2) is 107 Å². The monoisotopic (exact) mass is 702 g/mol. The molecule has 2 aliphatic rings. The third-order valence-corrected chi connectivity index (χ3v) is 8.44. The van der Waals surface area contributed by atoms with E-state index in [1.165, 1.54) is 10.7 Å². The number of amides is 3. The minimum absolute atomic E-state index is 0.0390. The van der Waals surface area contributed by atoms with Crippen molar-refractivity contribution in [2.24, 2.45) is 5.92 Å². The minimum atomic E-state index is -1.00. The van der Waals surface area contributed by atoms with Crippen molar-refractivity contribution in [2.75, 3.05) is 45.9 Å².